The molecule has 0 spiro atoms. The average molecular weight is 496 g/mol. The van der Waals surface area contributed by atoms with Crippen LogP contribution in [0.25, 0.3) is 5.69 Å². The standard InChI is InChI=1S/C23H18F6N4O2/c1-12-9-31(11-30-12)18-4-5-19-21(35)33-16(10-32(19)20(18)34)2-3-17(33)13-6-14(22(24,25)26)8-15(7-13)23(27,28)29/h4-9,11,16-17H,2-3,10H2,1H3/t16-,17+/m1/s1. The van der Waals surface area contributed by atoms with E-state index in [1.54, 1.807) is 13.1 Å². The number of benzene rings is 1. The summed E-state index contributed by atoms with van der Waals surface area (Å²) in [6.07, 6.45) is -6.35. The highest BCUT2D eigenvalue weighted by atomic mass is 19.4. The third kappa shape index (κ3) is 3.90. The van der Waals surface area contributed by atoms with Crippen LogP contribution in [-0.4, -0.2) is 31.0 Å². The molecule has 2 aliphatic heterocycles. The summed E-state index contributed by atoms with van der Waals surface area (Å²) in [5.74, 6) is -0.611. The Labute approximate surface area is 194 Å². The number of aryl methyl sites for hydroxylation is 1. The van der Waals surface area contributed by atoms with Gasteiger partial charge in [0.2, 0.25) is 0 Å². The molecule has 184 valence electrons. The van der Waals surface area contributed by atoms with Gasteiger partial charge in [-0.25, -0.2) is 4.98 Å². The summed E-state index contributed by atoms with van der Waals surface area (Å²) in [5.41, 5.74) is -2.52. The average Bonchev–Trinajstić information content (AvgIpc) is 3.39. The largest absolute Gasteiger partial charge is 0.416 e. The van der Waals surface area contributed by atoms with E-state index in [9.17, 15) is 35.9 Å². The Kier molecular flexibility index (Phi) is 5.11. The quantitative estimate of drug-likeness (QED) is 0.482. The molecular weight excluding hydrogens is 478 g/mol. The van der Waals surface area contributed by atoms with Crippen LogP contribution in [-0.2, 0) is 18.9 Å². The number of hydrogen-bond donors (Lipinski definition) is 0. The minimum Gasteiger partial charge on any atom is -0.326 e. The first-order valence-electron chi connectivity index (χ1n) is 10.7. The first-order valence-corrected chi connectivity index (χ1v) is 10.7. The van der Waals surface area contributed by atoms with Gasteiger partial charge >= 0.3 is 12.4 Å². The maximum atomic E-state index is 13.4. The molecule has 6 nitrogen and oxygen atoms in total. The van der Waals surface area contributed by atoms with Gasteiger partial charge in [-0.05, 0) is 55.7 Å². The van der Waals surface area contributed by atoms with Crippen molar-refractivity contribution in [2.45, 2.75) is 50.7 Å². The highest BCUT2D eigenvalue weighted by Gasteiger charge is 2.45. The van der Waals surface area contributed by atoms with Crippen molar-refractivity contribution in [1.29, 1.82) is 0 Å². The zero-order valence-corrected chi connectivity index (χ0v) is 18.2. The molecule has 0 unspecified atom stereocenters. The molecule has 0 bridgehead atoms. The molecule has 2 atom stereocenters. The highest BCUT2D eigenvalue weighted by Crippen LogP contribution is 2.43. The smallest absolute Gasteiger partial charge is 0.326 e. The van der Waals surface area contributed by atoms with Crippen LogP contribution in [0.5, 0.6) is 0 Å². The second-order valence-electron chi connectivity index (χ2n) is 8.74. The van der Waals surface area contributed by atoms with E-state index in [1.165, 1.54) is 32.5 Å². The van der Waals surface area contributed by atoms with Crippen LogP contribution < -0.4 is 5.56 Å². The molecule has 0 radical (unpaired) electrons. The highest BCUT2D eigenvalue weighted by molar-refractivity contribution is 5.94. The molecule has 1 fully saturated rings. The van der Waals surface area contributed by atoms with Crippen LogP contribution in [0.15, 0.2) is 47.7 Å². The minimum atomic E-state index is -4.98. The van der Waals surface area contributed by atoms with Crippen molar-refractivity contribution in [3.63, 3.8) is 0 Å². The number of fused-ring (bicyclic) bond motifs is 2. The summed E-state index contributed by atoms with van der Waals surface area (Å²) in [6, 6.07) is 2.78. The van der Waals surface area contributed by atoms with Crippen molar-refractivity contribution >= 4 is 5.91 Å². The predicted octanol–water partition coefficient (Wildman–Crippen LogP) is 4.74. The SMILES string of the molecule is Cc1cn(-c2ccc3n(c2=O)C[C@H]2CC[C@@H](c4cc(C(F)(F)F)cc(C(F)(F)F)c4)N2C3=O)cn1. The lowest BCUT2D eigenvalue weighted by Crippen LogP contribution is -2.49. The third-order valence-corrected chi connectivity index (χ3v) is 6.49. The van der Waals surface area contributed by atoms with Gasteiger partial charge in [0.1, 0.15) is 11.4 Å². The van der Waals surface area contributed by atoms with Gasteiger partial charge in [0.25, 0.3) is 11.5 Å². The van der Waals surface area contributed by atoms with Gasteiger partial charge in [-0.2, -0.15) is 26.3 Å². The van der Waals surface area contributed by atoms with Crippen LogP contribution in [0.4, 0.5) is 26.3 Å². The van der Waals surface area contributed by atoms with E-state index in [4.69, 9.17) is 0 Å². The fourth-order valence-electron chi connectivity index (χ4n) is 4.90. The van der Waals surface area contributed by atoms with Crippen LogP contribution in [0.3, 0.4) is 0 Å². The maximum absolute atomic E-state index is 13.4. The monoisotopic (exact) mass is 496 g/mol. The summed E-state index contributed by atoms with van der Waals surface area (Å²) in [5, 5.41) is 0. The van der Waals surface area contributed by atoms with Crippen molar-refractivity contribution < 1.29 is 31.1 Å². The maximum Gasteiger partial charge on any atom is 0.416 e. The number of nitrogens with zero attached hydrogens (tertiary/aromatic N) is 4. The molecule has 0 N–H and O–H groups in total. The Balaban J connectivity index is 1.56. The van der Waals surface area contributed by atoms with Crippen LogP contribution in [0.1, 0.15) is 51.8 Å². The van der Waals surface area contributed by atoms with Gasteiger partial charge in [0.05, 0.1) is 35.2 Å². The normalized spacial score (nSPS) is 20.2. The van der Waals surface area contributed by atoms with Gasteiger partial charge in [-0.3, -0.25) is 9.59 Å². The zero-order valence-electron chi connectivity index (χ0n) is 18.2. The van der Waals surface area contributed by atoms with Crippen molar-refractivity contribution in [1.82, 2.24) is 19.0 Å². The Hall–Kier alpha value is -3.57. The lowest BCUT2D eigenvalue weighted by atomic mass is 9.98. The number of aromatic nitrogens is 3. The first kappa shape index (κ1) is 23.2. The number of carbonyl (C=O) groups excluding carboxylic acids is 1. The summed E-state index contributed by atoms with van der Waals surface area (Å²) in [7, 11) is 0. The van der Waals surface area contributed by atoms with E-state index < -0.39 is 47.0 Å². The van der Waals surface area contributed by atoms with E-state index in [2.05, 4.69) is 4.98 Å². The molecule has 1 aromatic carbocycles. The fourth-order valence-corrected chi connectivity index (χ4v) is 4.90. The number of pyridine rings is 1. The van der Waals surface area contributed by atoms with Crippen molar-refractivity contribution in [2.75, 3.05) is 0 Å². The number of rotatable bonds is 2. The molecular formula is C23H18F6N4O2. The molecule has 35 heavy (non-hydrogen) atoms. The van der Waals surface area contributed by atoms with E-state index in [-0.39, 0.29) is 36.0 Å². The van der Waals surface area contributed by atoms with Crippen molar-refractivity contribution in [2.24, 2.45) is 0 Å². The van der Waals surface area contributed by atoms with E-state index in [0.29, 0.717) is 24.2 Å². The lowest BCUT2D eigenvalue weighted by molar-refractivity contribution is -0.143. The number of amides is 1. The van der Waals surface area contributed by atoms with Crippen molar-refractivity contribution in [3.05, 3.63) is 81.3 Å². The van der Waals surface area contributed by atoms with Crippen molar-refractivity contribution in [3.8, 4) is 5.69 Å². The number of imidazole rings is 1. The zero-order chi connectivity index (χ0) is 25.3. The molecule has 5 rings (SSSR count). The second kappa shape index (κ2) is 7.72. The molecule has 0 saturated carbocycles. The van der Waals surface area contributed by atoms with Crippen LogP contribution >= 0.6 is 0 Å². The fraction of sp³-hybridized carbons (Fsp3) is 0.348. The summed E-state index contributed by atoms with van der Waals surface area (Å²) in [6.45, 7) is 1.84. The summed E-state index contributed by atoms with van der Waals surface area (Å²) in [4.78, 5) is 31.9. The Morgan fingerprint density at radius 2 is 1.60 bits per heavy atom. The number of hydrogen-bond acceptors (Lipinski definition) is 3. The van der Waals surface area contributed by atoms with Gasteiger partial charge in [-0.15, -0.1) is 0 Å². The molecule has 1 saturated heterocycles. The lowest BCUT2D eigenvalue weighted by Gasteiger charge is -2.36. The minimum absolute atomic E-state index is 0.0294. The van der Waals surface area contributed by atoms with Crippen LogP contribution in [0, 0.1) is 6.92 Å². The molecule has 4 heterocycles. The number of carbonyl (C=O) groups is 1. The molecule has 2 aromatic heterocycles. The Morgan fingerprint density at radius 3 is 2.17 bits per heavy atom. The van der Waals surface area contributed by atoms with E-state index in [0.717, 1.165) is 0 Å². The Morgan fingerprint density at radius 1 is 0.943 bits per heavy atom. The molecule has 1 amide bonds. The number of alkyl halides is 6. The topological polar surface area (TPSA) is 60.1 Å². The van der Waals surface area contributed by atoms with Gasteiger partial charge in [-0.1, -0.05) is 0 Å². The molecule has 0 aliphatic carbocycles. The molecule has 3 aromatic rings. The second-order valence-corrected chi connectivity index (χ2v) is 8.74. The predicted molar refractivity (Wildman–Crippen MR) is 111 cm³/mol. The van der Waals surface area contributed by atoms with Gasteiger partial charge in [0.15, 0.2) is 0 Å². The van der Waals surface area contributed by atoms with Gasteiger partial charge < -0.3 is 14.0 Å². The van der Waals surface area contributed by atoms with E-state index >= 15 is 0 Å². The summed E-state index contributed by atoms with van der Waals surface area (Å²) < 4.78 is 83.0. The molecule has 2 aliphatic rings. The summed E-state index contributed by atoms with van der Waals surface area (Å²) >= 11 is 0. The Bertz CT molecular complexity index is 1360. The first-order chi connectivity index (χ1) is 16.3. The van der Waals surface area contributed by atoms with Crippen LogP contribution in [0.2, 0.25) is 0 Å². The van der Waals surface area contributed by atoms with E-state index in [1.807, 2.05) is 0 Å². The third-order valence-electron chi connectivity index (χ3n) is 6.49. The number of halogens is 6. The molecule has 12 heteroatoms. The van der Waals surface area contributed by atoms with Gasteiger partial charge in [0, 0.05) is 12.7 Å².